The second kappa shape index (κ2) is 5.75. The molecule has 0 bridgehead atoms. The molecule has 0 unspecified atom stereocenters. The number of carbonyl (C=O) groups is 1. The minimum absolute atomic E-state index is 0.195. The smallest absolute Gasteiger partial charge is 0.275 e. The van der Waals surface area contributed by atoms with Crippen LogP contribution in [0.5, 0.6) is 0 Å². The van der Waals surface area contributed by atoms with E-state index in [2.05, 4.69) is 10.3 Å². The summed E-state index contributed by atoms with van der Waals surface area (Å²) in [7, 11) is 0. The third-order valence-electron chi connectivity index (χ3n) is 2.61. The van der Waals surface area contributed by atoms with Gasteiger partial charge >= 0.3 is 0 Å². The van der Waals surface area contributed by atoms with Gasteiger partial charge in [0.05, 0.1) is 5.69 Å². The van der Waals surface area contributed by atoms with Gasteiger partial charge < -0.3 is 5.32 Å². The summed E-state index contributed by atoms with van der Waals surface area (Å²) in [5.41, 5.74) is 2.17. The Hall–Kier alpha value is -1.69. The third kappa shape index (κ3) is 2.90. The van der Waals surface area contributed by atoms with Crippen LogP contribution in [0.4, 0.5) is 5.69 Å². The summed E-state index contributed by atoms with van der Waals surface area (Å²) in [5.74, 6) is -0.195. The molecule has 3 rings (SSSR count). The molecular weight excluding hydrogens is 312 g/mol. The average molecular weight is 321 g/mol. The highest BCUT2D eigenvalue weighted by Gasteiger charge is 2.12. The van der Waals surface area contributed by atoms with Gasteiger partial charge in [0.25, 0.3) is 5.91 Å². The Morgan fingerprint density at radius 3 is 2.65 bits per heavy atom. The van der Waals surface area contributed by atoms with Crippen molar-refractivity contribution < 1.29 is 4.79 Å². The molecule has 1 aromatic carbocycles. The first-order valence-corrected chi connectivity index (χ1v) is 7.97. The zero-order valence-electron chi connectivity index (χ0n) is 10.2. The highest BCUT2D eigenvalue weighted by molar-refractivity contribution is 7.13. The predicted octanol–water partition coefficient (Wildman–Crippen LogP) is 4.78. The zero-order valence-corrected chi connectivity index (χ0v) is 12.6. The van der Waals surface area contributed by atoms with E-state index < -0.39 is 0 Å². The number of aromatic nitrogens is 1. The largest absolute Gasteiger partial charge is 0.320 e. The molecule has 6 heteroatoms. The molecule has 2 heterocycles. The normalized spacial score (nSPS) is 10.4. The van der Waals surface area contributed by atoms with Gasteiger partial charge in [-0.1, -0.05) is 23.7 Å². The maximum Gasteiger partial charge on any atom is 0.275 e. The van der Waals surface area contributed by atoms with Crippen LogP contribution in [0.25, 0.3) is 10.6 Å². The molecule has 1 N–H and O–H groups in total. The summed E-state index contributed by atoms with van der Waals surface area (Å²) in [6.45, 7) is 0. The van der Waals surface area contributed by atoms with Crippen LogP contribution in [0.2, 0.25) is 5.02 Å². The molecular formula is C14H9ClN2OS2. The first-order valence-electron chi connectivity index (χ1n) is 5.77. The number of carbonyl (C=O) groups excluding carboxylic acids is 1. The maximum atomic E-state index is 12.0. The fourth-order valence-electron chi connectivity index (χ4n) is 1.63. The van der Waals surface area contributed by atoms with Crippen LogP contribution in [0, 0.1) is 0 Å². The van der Waals surface area contributed by atoms with Crippen LogP contribution >= 0.6 is 34.3 Å². The van der Waals surface area contributed by atoms with Crippen LogP contribution in [0.15, 0.2) is 46.5 Å². The highest BCUT2D eigenvalue weighted by atomic mass is 35.5. The van der Waals surface area contributed by atoms with Gasteiger partial charge in [0.2, 0.25) is 0 Å². The Balaban J connectivity index is 1.79. The van der Waals surface area contributed by atoms with Gasteiger partial charge in [-0.15, -0.1) is 11.3 Å². The lowest BCUT2D eigenvalue weighted by atomic mass is 10.2. The van der Waals surface area contributed by atoms with E-state index in [4.69, 9.17) is 11.6 Å². The highest BCUT2D eigenvalue weighted by Crippen LogP contribution is 2.25. The molecule has 0 aliphatic heterocycles. The van der Waals surface area contributed by atoms with Crippen molar-refractivity contribution in [2.45, 2.75) is 0 Å². The van der Waals surface area contributed by atoms with Crippen molar-refractivity contribution in [2.24, 2.45) is 0 Å². The topological polar surface area (TPSA) is 42.0 Å². The van der Waals surface area contributed by atoms with Crippen molar-refractivity contribution in [3.8, 4) is 10.6 Å². The lowest BCUT2D eigenvalue weighted by Gasteiger charge is -1.99. The Labute approximate surface area is 128 Å². The molecule has 3 aromatic rings. The molecule has 2 aromatic heterocycles. The average Bonchev–Trinajstić information content (AvgIpc) is 3.10. The van der Waals surface area contributed by atoms with Crippen LogP contribution in [0.3, 0.4) is 0 Å². The Morgan fingerprint density at radius 1 is 1.15 bits per heavy atom. The fraction of sp³-hybridized carbons (Fsp3) is 0. The van der Waals surface area contributed by atoms with E-state index in [1.165, 1.54) is 22.7 Å². The van der Waals surface area contributed by atoms with Crippen molar-refractivity contribution in [2.75, 3.05) is 5.32 Å². The van der Waals surface area contributed by atoms with E-state index in [1.807, 2.05) is 41.1 Å². The lowest BCUT2D eigenvalue weighted by Crippen LogP contribution is -2.11. The van der Waals surface area contributed by atoms with E-state index >= 15 is 0 Å². The summed E-state index contributed by atoms with van der Waals surface area (Å²) in [6.07, 6.45) is 0. The quantitative estimate of drug-likeness (QED) is 0.754. The van der Waals surface area contributed by atoms with Crippen molar-refractivity contribution in [3.63, 3.8) is 0 Å². The molecule has 20 heavy (non-hydrogen) atoms. The fourth-order valence-corrected chi connectivity index (χ4v) is 3.15. The summed E-state index contributed by atoms with van der Waals surface area (Å²) in [5, 5.41) is 9.84. The summed E-state index contributed by atoms with van der Waals surface area (Å²) >= 11 is 8.83. The van der Waals surface area contributed by atoms with Gasteiger partial charge in [0.1, 0.15) is 10.7 Å². The van der Waals surface area contributed by atoms with Crippen LogP contribution in [0.1, 0.15) is 10.5 Å². The number of benzene rings is 1. The lowest BCUT2D eigenvalue weighted by molar-refractivity contribution is 0.102. The van der Waals surface area contributed by atoms with E-state index in [9.17, 15) is 4.79 Å². The number of halogens is 1. The molecule has 0 fully saturated rings. The number of amides is 1. The molecule has 0 radical (unpaired) electrons. The van der Waals surface area contributed by atoms with Crippen LogP contribution < -0.4 is 5.32 Å². The van der Waals surface area contributed by atoms with Crippen LogP contribution in [-0.2, 0) is 0 Å². The Bertz CT molecular complexity index is 720. The number of hydrogen-bond acceptors (Lipinski definition) is 4. The number of thiophene rings is 1. The van der Waals surface area contributed by atoms with Crippen molar-refractivity contribution in [1.29, 1.82) is 0 Å². The summed E-state index contributed by atoms with van der Waals surface area (Å²) in [6, 6.07) is 9.26. The monoisotopic (exact) mass is 320 g/mol. The number of nitrogens with one attached hydrogen (secondary N) is 1. The van der Waals surface area contributed by atoms with E-state index in [0.717, 1.165) is 16.3 Å². The molecule has 0 saturated heterocycles. The Kier molecular flexibility index (Phi) is 3.82. The van der Waals surface area contributed by atoms with Crippen LogP contribution in [-0.4, -0.2) is 10.9 Å². The number of anilines is 1. The number of thiazole rings is 1. The van der Waals surface area contributed by atoms with Gasteiger partial charge in [-0.25, -0.2) is 4.98 Å². The standard InChI is InChI=1S/C14H9ClN2OS2/c15-10-3-1-9(2-4-10)14-17-12(8-20-14)13(18)16-11-5-6-19-7-11/h1-8H,(H,16,18). The minimum atomic E-state index is -0.195. The second-order valence-corrected chi connectivity index (χ2v) is 6.09. The molecule has 3 nitrogen and oxygen atoms in total. The second-order valence-electron chi connectivity index (χ2n) is 4.01. The van der Waals surface area contributed by atoms with Crippen molar-refractivity contribution in [3.05, 3.63) is 57.2 Å². The zero-order chi connectivity index (χ0) is 13.9. The first-order chi connectivity index (χ1) is 9.72. The molecule has 0 atom stereocenters. The van der Waals surface area contributed by atoms with E-state index in [-0.39, 0.29) is 5.91 Å². The SMILES string of the molecule is O=C(Nc1ccsc1)c1csc(-c2ccc(Cl)cc2)n1. The van der Waals surface area contributed by atoms with Crippen molar-refractivity contribution in [1.82, 2.24) is 4.98 Å². The number of nitrogens with zero attached hydrogens (tertiary/aromatic N) is 1. The van der Waals surface area contributed by atoms with Gasteiger partial charge in [-0.2, -0.15) is 11.3 Å². The summed E-state index contributed by atoms with van der Waals surface area (Å²) in [4.78, 5) is 16.4. The maximum absolute atomic E-state index is 12.0. The molecule has 0 spiro atoms. The first kappa shape index (κ1) is 13.3. The summed E-state index contributed by atoms with van der Waals surface area (Å²) < 4.78 is 0. The molecule has 0 saturated carbocycles. The van der Waals surface area contributed by atoms with Crippen molar-refractivity contribution >= 4 is 45.9 Å². The molecule has 1 amide bonds. The minimum Gasteiger partial charge on any atom is -0.320 e. The van der Waals surface area contributed by atoms with Gasteiger partial charge in [-0.3, -0.25) is 4.79 Å². The van der Waals surface area contributed by atoms with E-state index in [0.29, 0.717) is 10.7 Å². The third-order valence-corrected chi connectivity index (χ3v) is 4.43. The molecule has 0 aliphatic rings. The van der Waals surface area contributed by atoms with Gasteiger partial charge in [0, 0.05) is 21.3 Å². The van der Waals surface area contributed by atoms with E-state index in [1.54, 1.807) is 5.38 Å². The number of rotatable bonds is 3. The number of hydrogen-bond donors (Lipinski definition) is 1. The van der Waals surface area contributed by atoms with Gasteiger partial charge in [0.15, 0.2) is 0 Å². The molecule has 0 aliphatic carbocycles. The predicted molar refractivity (Wildman–Crippen MR) is 84.8 cm³/mol. The van der Waals surface area contributed by atoms with Gasteiger partial charge in [-0.05, 0) is 23.6 Å². The Morgan fingerprint density at radius 2 is 1.95 bits per heavy atom. The molecule has 100 valence electrons.